The number of hydrogen-bond acceptors (Lipinski definition) is 7. The van der Waals surface area contributed by atoms with E-state index in [2.05, 4.69) is 5.32 Å². The first-order valence-corrected chi connectivity index (χ1v) is 13.2. The summed E-state index contributed by atoms with van der Waals surface area (Å²) in [4.78, 5) is 26.9. The van der Waals surface area contributed by atoms with Crippen LogP contribution in [-0.4, -0.2) is 65.1 Å². The molecule has 190 valence electrons. The standard InChI is InChI=1S/C25H33N3O6S/c1-4-28(20-11-7-6-8-12-20)35(31,32)21-13-14-23(33-3)22(16-21)26-24(29)18-27-15-9-10-19(17-27)25(30)34-5-2/h6-8,11-14,16,19H,4-5,9-10,15,17-18H2,1-3H3,(H,26,29)/t19-/m0/s1. The zero-order valence-corrected chi connectivity index (χ0v) is 21.2. The number of carbonyl (C=O) groups excluding carboxylic acids is 2. The zero-order chi connectivity index (χ0) is 25.4. The molecule has 9 nitrogen and oxygen atoms in total. The van der Waals surface area contributed by atoms with Gasteiger partial charge in [-0.15, -0.1) is 0 Å². The minimum atomic E-state index is -3.87. The molecule has 10 heteroatoms. The average Bonchev–Trinajstić information content (AvgIpc) is 2.85. The van der Waals surface area contributed by atoms with Gasteiger partial charge in [0.1, 0.15) is 5.75 Å². The molecule has 2 aromatic rings. The van der Waals surface area contributed by atoms with E-state index in [9.17, 15) is 18.0 Å². The number of amides is 1. The van der Waals surface area contributed by atoms with Crippen molar-refractivity contribution in [2.24, 2.45) is 5.92 Å². The Morgan fingerprint density at radius 1 is 1.14 bits per heavy atom. The van der Waals surface area contributed by atoms with Gasteiger partial charge < -0.3 is 14.8 Å². The Bertz CT molecular complexity index is 1120. The number of esters is 1. The maximum Gasteiger partial charge on any atom is 0.310 e. The van der Waals surface area contributed by atoms with Crippen molar-refractivity contribution in [2.45, 2.75) is 31.6 Å². The van der Waals surface area contributed by atoms with Gasteiger partial charge in [-0.1, -0.05) is 18.2 Å². The number of benzene rings is 2. The number of ether oxygens (including phenoxy) is 2. The summed E-state index contributed by atoms with van der Waals surface area (Å²) in [7, 11) is -2.42. The van der Waals surface area contributed by atoms with Gasteiger partial charge in [-0.2, -0.15) is 0 Å². The van der Waals surface area contributed by atoms with Gasteiger partial charge >= 0.3 is 5.97 Å². The number of hydrogen-bond donors (Lipinski definition) is 1. The molecule has 1 aliphatic heterocycles. The third-order valence-corrected chi connectivity index (χ3v) is 7.76. The van der Waals surface area contributed by atoms with E-state index in [1.54, 1.807) is 38.1 Å². The highest BCUT2D eigenvalue weighted by atomic mass is 32.2. The Balaban J connectivity index is 1.76. The van der Waals surface area contributed by atoms with Crippen molar-refractivity contribution >= 4 is 33.3 Å². The Hall–Kier alpha value is -3.11. The number of anilines is 2. The van der Waals surface area contributed by atoms with Crippen LogP contribution in [0.25, 0.3) is 0 Å². The fourth-order valence-corrected chi connectivity index (χ4v) is 5.70. The number of nitrogens with one attached hydrogen (secondary N) is 1. The molecule has 0 bridgehead atoms. The number of rotatable bonds is 10. The van der Waals surface area contributed by atoms with Gasteiger partial charge in [0, 0.05) is 13.1 Å². The lowest BCUT2D eigenvalue weighted by Crippen LogP contribution is -2.43. The van der Waals surface area contributed by atoms with Crippen LogP contribution in [0.5, 0.6) is 5.75 Å². The summed E-state index contributed by atoms with van der Waals surface area (Å²) >= 11 is 0. The molecule has 0 spiro atoms. The Kier molecular flexibility index (Phi) is 9.11. The van der Waals surface area contributed by atoms with E-state index in [-0.39, 0.29) is 41.5 Å². The molecular weight excluding hydrogens is 470 g/mol. The van der Waals surface area contributed by atoms with Gasteiger partial charge in [0.2, 0.25) is 5.91 Å². The fraction of sp³-hybridized carbons (Fsp3) is 0.440. The van der Waals surface area contributed by atoms with Gasteiger partial charge in [-0.05, 0) is 63.6 Å². The Labute approximate surface area is 207 Å². The summed E-state index contributed by atoms with van der Waals surface area (Å²) in [5.41, 5.74) is 0.819. The number of carbonyl (C=O) groups is 2. The highest BCUT2D eigenvalue weighted by molar-refractivity contribution is 7.92. The van der Waals surface area contributed by atoms with E-state index in [4.69, 9.17) is 9.47 Å². The quantitative estimate of drug-likeness (QED) is 0.497. The number of nitrogens with zero attached hydrogens (tertiary/aromatic N) is 2. The van der Waals surface area contributed by atoms with E-state index >= 15 is 0 Å². The van der Waals surface area contributed by atoms with Crippen LogP contribution in [0, 0.1) is 5.92 Å². The van der Waals surface area contributed by atoms with Crippen LogP contribution < -0.4 is 14.4 Å². The predicted octanol–water partition coefficient (Wildman–Crippen LogP) is 3.12. The van der Waals surface area contributed by atoms with Crippen LogP contribution in [0.15, 0.2) is 53.4 Å². The van der Waals surface area contributed by atoms with Crippen LogP contribution in [0.3, 0.4) is 0 Å². The van der Waals surface area contributed by atoms with Crippen molar-refractivity contribution in [3.8, 4) is 5.75 Å². The van der Waals surface area contributed by atoms with Crippen LogP contribution in [-0.2, 0) is 24.3 Å². The molecule has 0 aromatic heterocycles. The van der Waals surface area contributed by atoms with Crippen molar-refractivity contribution in [1.29, 1.82) is 0 Å². The first kappa shape index (κ1) is 26.5. The Morgan fingerprint density at radius 3 is 2.54 bits per heavy atom. The van der Waals surface area contributed by atoms with Crippen molar-refractivity contribution in [2.75, 3.05) is 49.5 Å². The van der Waals surface area contributed by atoms with Crippen molar-refractivity contribution in [3.63, 3.8) is 0 Å². The Morgan fingerprint density at radius 2 is 1.89 bits per heavy atom. The molecule has 35 heavy (non-hydrogen) atoms. The van der Waals surface area contributed by atoms with Crippen LogP contribution >= 0.6 is 0 Å². The lowest BCUT2D eigenvalue weighted by molar-refractivity contribution is -0.150. The van der Waals surface area contributed by atoms with E-state index in [0.29, 0.717) is 31.1 Å². The van der Waals surface area contributed by atoms with Gasteiger partial charge in [0.05, 0.1) is 42.4 Å². The number of piperidine rings is 1. The van der Waals surface area contributed by atoms with Gasteiger partial charge in [0.25, 0.3) is 10.0 Å². The van der Waals surface area contributed by atoms with Gasteiger partial charge in [0.15, 0.2) is 0 Å². The molecule has 3 rings (SSSR count). The molecule has 2 aromatic carbocycles. The molecule has 0 radical (unpaired) electrons. The highest BCUT2D eigenvalue weighted by Crippen LogP contribution is 2.31. The third kappa shape index (κ3) is 6.52. The summed E-state index contributed by atoms with van der Waals surface area (Å²) in [6.07, 6.45) is 1.53. The fourth-order valence-electron chi connectivity index (χ4n) is 4.20. The largest absolute Gasteiger partial charge is 0.495 e. The summed E-state index contributed by atoms with van der Waals surface area (Å²) in [6, 6.07) is 13.2. The second-order valence-electron chi connectivity index (χ2n) is 8.24. The first-order valence-electron chi connectivity index (χ1n) is 11.7. The van der Waals surface area contributed by atoms with Crippen LogP contribution in [0.4, 0.5) is 11.4 Å². The van der Waals surface area contributed by atoms with Crippen LogP contribution in [0.1, 0.15) is 26.7 Å². The molecule has 1 amide bonds. The maximum atomic E-state index is 13.4. The van der Waals surface area contributed by atoms with Crippen molar-refractivity contribution in [1.82, 2.24) is 4.90 Å². The molecule has 1 heterocycles. The summed E-state index contributed by atoms with van der Waals surface area (Å²) < 4.78 is 38.6. The monoisotopic (exact) mass is 503 g/mol. The lowest BCUT2D eigenvalue weighted by atomic mass is 9.98. The van der Waals surface area contributed by atoms with Crippen molar-refractivity contribution in [3.05, 3.63) is 48.5 Å². The molecule has 1 N–H and O–H groups in total. The molecule has 1 fully saturated rings. The number of methoxy groups -OCH3 is 1. The summed E-state index contributed by atoms with van der Waals surface area (Å²) in [5.74, 6) is -0.463. The first-order chi connectivity index (χ1) is 16.8. The van der Waals surface area contributed by atoms with Crippen molar-refractivity contribution < 1.29 is 27.5 Å². The summed E-state index contributed by atoms with van der Waals surface area (Å²) in [5, 5.41) is 2.78. The predicted molar refractivity (Wildman–Crippen MR) is 134 cm³/mol. The van der Waals surface area contributed by atoms with E-state index in [0.717, 1.165) is 12.8 Å². The zero-order valence-electron chi connectivity index (χ0n) is 20.4. The van der Waals surface area contributed by atoms with E-state index < -0.39 is 10.0 Å². The number of sulfonamides is 1. The number of para-hydroxylation sites is 1. The molecular formula is C25H33N3O6S. The SMILES string of the molecule is CCOC(=O)[C@H]1CCCN(CC(=O)Nc2cc(S(=O)(=O)N(CC)c3ccccc3)ccc2OC)C1. The molecule has 1 atom stereocenters. The average molecular weight is 504 g/mol. The topological polar surface area (TPSA) is 105 Å². The minimum absolute atomic E-state index is 0.0413. The maximum absolute atomic E-state index is 13.4. The normalized spacial score (nSPS) is 16.4. The lowest BCUT2D eigenvalue weighted by Gasteiger charge is -2.30. The van der Waals surface area contributed by atoms with Gasteiger partial charge in [-0.25, -0.2) is 8.42 Å². The third-order valence-electron chi connectivity index (χ3n) is 5.86. The minimum Gasteiger partial charge on any atom is -0.495 e. The molecule has 0 unspecified atom stereocenters. The van der Waals surface area contributed by atoms with Crippen LogP contribution in [0.2, 0.25) is 0 Å². The number of likely N-dealkylation sites (tertiary alicyclic amines) is 1. The highest BCUT2D eigenvalue weighted by Gasteiger charge is 2.28. The molecule has 0 saturated carbocycles. The smallest absolute Gasteiger partial charge is 0.310 e. The van der Waals surface area contributed by atoms with E-state index in [1.807, 2.05) is 11.0 Å². The summed E-state index contributed by atoms with van der Waals surface area (Å²) in [6.45, 7) is 5.32. The second-order valence-corrected chi connectivity index (χ2v) is 10.1. The molecule has 0 aliphatic carbocycles. The van der Waals surface area contributed by atoms with E-state index in [1.165, 1.54) is 29.6 Å². The molecule has 1 saturated heterocycles. The second kappa shape index (κ2) is 12.0. The van der Waals surface area contributed by atoms with Gasteiger partial charge in [-0.3, -0.25) is 18.8 Å². The molecule has 1 aliphatic rings.